The van der Waals surface area contributed by atoms with E-state index in [0.717, 1.165) is 24.5 Å². The summed E-state index contributed by atoms with van der Waals surface area (Å²) in [6, 6.07) is 7.46. The first-order valence-electron chi connectivity index (χ1n) is 7.89. The van der Waals surface area contributed by atoms with Gasteiger partial charge in [-0.15, -0.1) is 0 Å². The molecule has 0 unspecified atom stereocenters. The van der Waals surface area contributed by atoms with Crippen molar-refractivity contribution < 1.29 is 4.79 Å². The van der Waals surface area contributed by atoms with Crippen molar-refractivity contribution in [1.82, 2.24) is 20.4 Å². The van der Waals surface area contributed by atoms with Gasteiger partial charge in [-0.1, -0.05) is 25.4 Å². The van der Waals surface area contributed by atoms with Gasteiger partial charge in [0.1, 0.15) is 0 Å². The maximum Gasteiger partial charge on any atom is 0.254 e. The van der Waals surface area contributed by atoms with Crippen LogP contribution in [0.4, 0.5) is 0 Å². The molecule has 0 atom stereocenters. The Morgan fingerprint density at radius 2 is 2.09 bits per heavy atom. The molecule has 1 saturated heterocycles. The minimum Gasteiger partial charge on any atom is -0.352 e. The maximum absolute atomic E-state index is 12.5. The number of carbonyl (C=O) groups excluding carboxylic acids is 1. The summed E-state index contributed by atoms with van der Waals surface area (Å²) >= 11 is 5.95. The van der Waals surface area contributed by atoms with Crippen molar-refractivity contribution in [2.24, 2.45) is 5.92 Å². The lowest BCUT2D eigenvalue weighted by molar-refractivity contribution is 0.0941. The summed E-state index contributed by atoms with van der Waals surface area (Å²) in [7, 11) is 0. The number of hydrogen-bond donors (Lipinski definition) is 2. The minimum atomic E-state index is -0.0548. The number of benzene rings is 1. The molecule has 3 rings (SSSR count). The van der Waals surface area contributed by atoms with Gasteiger partial charge in [0.05, 0.1) is 23.1 Å². The van der Waals surface area contributed by atoms with Crippen molar-refractivity contribution in [1.29, 1.82) is 0 Å². The van der Waals surface area contributed by atoms with Gasteiger partial charge in [-0.05, 0) is 30.2 Å². The highest BCUT2D eigenvalue weighted by Gasteiger charge is 2.23. The van der Waals surface area contributed by atoms with Crippen LogP contribution in [0.2, 0.25) is 5.02 Å². The molecule has 1 aromatic heterocycles. The van der Waals surface area contributed by atoms with Crippen molar-refractivity contribution in [3.05, 3.63) is 46.7 Å². The minimum absolute atomic E-state index is 0.0548. The summed E-state index contributed by atoms with van der Waals surface area (Å²) in [6.07, 6.45) is 1.65. The molecule has 23 heavy (non-hydrogen) atoms. The van der Waals surface area contributed by atoms with E-state index >= 15 is 0 Å². The average molecular weight is 333 g/mol. The van der Waals surface area contributed by atoms with Crippen molar-refractivity contribution in [3.8, 4) is 5.69 Å². The third kappa shape index (κ3) is 3.41. The Morgan fingerprint density at radius 3 is 2.65 bits per heavy atom. The standard InChI is InChI=1S/C17H21ClN4O/c1-11(2)16-15(17(23)20-9-12-7-19-8-12)10-21-22(16)14-5-3-13(18)4-6-14/h3-6,10-12,19H,7-9H2,1-2H3,(H,20,23). The van der Waals surface area contributed by atoms with Crippen molar-refractivity contribution in [3.63, 3.8) is 0 Å². The fourth-order valence-electron chi connectivity index (χ4n) is 2.70. The third-order valence-corrected chi connectivity index (χ3v) is 4.34. The molecule has 1 amide bonds. The number of halogens is 1. The fourth-order valence-corrected chi connectivity index (χ4v) is 2.83. The monoisotopic (exact) mass is 332 g/mol. The van der Waals surface area contributed by atoms with E-state index in [0.29, 0.717) is 23.0 Å². The summed E-state index contributed by atoms with van der Waals surface area (Å²) in [5.41, 5.74) is 2.46. The number of carbonyl (C=O) groups is 1. The van der Waals surface area contributed by atoms with E-state index in [1.165, 1.54) is 0 Å². The van der Waals surface area contributed by atoms with Crippen LogP contribution in [-0.2, 0) is 0 Å². The SMILES string of the molecule is CC(C)c1c(C(=O)NCC2CNC2)cnn1-c1ccc(Cl)cc1. The van der Waals surface area contributed by atoms with Crippen LogP contribution < -0.4 is 10.6 Å². The van der Waals surface area contributed by atoms with E-state index in [4.69, 9.17) is 11.6 Å². The molecule has 1 aliphatic rings. The second-order valence-electron chi connectivity index (χ2n) is 6.22. The highest BCUT2D eigenvalue weighted by Crippen LogP contribution is 2.24. The van der Waals surface area contributed by atoms with E-state index in [1.807, 2.05) is 28.9 Å². The Kier molecular flexibility index (Phi) is 4.68. The molecule has 2 N–H and O–H groups in total. The van der Waals surface area contributed by atoms with Gasteiger partial charge in [-0.3, -0.25) is 4.79 Å². The second kappa shape index (κ2) is 6.72. The molecule has 2 aromatic rings. The first-order chi connectivity index (χ1) is 11.1. The van der Waals surface area contributed by atoms with Crippen molar-refractivity contribution in [2.45, 2.75) is 19.8 Å². The molecule has 0 spiro atoms. The summed E-state index contributed by atoms with van der Waals surface area (Å²) in [4.78, 5) is 12.5. The van der Waals surface area contributed by atoms with E-state index in [-0.39, 0.29) is 11.8 Å². The van der Waals surface area contributed by atoms with Gasteiger partial charge in [-0.25, -0.2) is 4.68 Å². The first-order valence-corrected chi connectivity index (χ1v) is 8.27. The summed E-state index contributed by atoms with van der Waals surface area (Å²) in [5, 5.41) is 11.3. The number of amides is 1. The van der Waals surface area contributed by atoms with Crippen molar-refractivity contribution >= 4 is 17.5 Å². The topological polar surface area (TPSA) is 59.0 Å². The fraction of sp³-hybridized carbons (Fsp3) is 0.412. The van der Waals surface area contributed by atoms with Crippen LogP contribution in [0, 0.1) is 5.92 Å². The van der Waals surface area contributed by atoms with Crippen LogP contribution in [0.15, 0.2) is 30.5 Å². The quantitative estimate of drug-likeness (QED) is 0.884. The molecule has 5 nitrogen and oxygen atoms in total. The zero-order chi connectivity index (χ0) is 16.4. The van der Waals surface area contributed by atoms with Crippen molar-refractivity contribution in [2.75, 3.05) is 19.6 Å². The molecule has 122 valence electrons. The van der Waals surface area contributed by atoms with Crippen LogP contribution >= 0.6 is 11.6 Å². The highest BCUT2D eigenvalue weighted by molar-refractivity contribution is 6.30. The second-order valence-corrected chi connectivity index (χ2v) is 6.66. The normalized spacial score (nSPS) is 14.8. The predicted molar refractivity (Wildman–Crippen MR) is 91.4 cm³/mol. The van der Waals surface area contributed by atoms with E-state index in [2.05, 4.69) is 29.6 Å². The molecule has 6 heteroatoms. The van der Waals surface area contributed by atoms with Gasteiger partial charge in [0, 0.05) is 30.6 Å². The Labute approximate surface area is 141 Å². The van der Waals surface area contributed by atoms with Crippen LogP contribution in [0.5, 0.6) is 0 Å². The molecule has 2 heterocycles. The number of hydrogen-bond acceptors (Lipinski definition) is 3. The Morgan fingerprint density at radius 1 is 1.39 bits per heavy atom. The predicted octanol–water partition coefficient (Wildman–Crippen LogP) is 2.60. The molecule has 1 aliphatic heterocycles. The van der Waals surface area contributed by atoms with Crippen LogP contribution in [0.25, 0.3) is 5.69 Å². The van der Waals surface area contributed by atoms with E-state index in [1.54, 1.807) is 6.20 Å². The molecule has 1 aromatic carbocycles. The largest absolute Gasteiger partial charge is 0.352 e. The summed E-state index contributed by atoms with van der Waals surface area (Å²) < 4.78 is 1.82. The lowest BCUT2D eigenvalue weighted by Crippen LogP contribution is -2.48. The van der Waals surface area contributed by atoms with Gasteiger partial charge < -0.3 is 10.6 Å². The molecule has 0 aliphatic carbocycles. The van der Waals surface area contributed by atoms with Gasteiger partial charge in [0.15, 0.2) is 0 Å². The molecule has 0 saturated carbocycles. The van der Waals surface area contributed by atoms with E-state index in [9.17, 15) is 4.79 Å². The number of rotatable bonds is 5. The van der Waals surface area contributed by atoms with Crippen LogP contribution in [0.1, 0.15) is 35.8 Å². The molecular weight excluding hydrogens is 312 g/mol. The number of nitrogens with zero attached hydrogens (tertiary/aromatic N) is 2. The maximum atomic E-state index is 12.5. The Balaban J connectivity index is 1.85. The van der Waals surface area contributed by atoms with Gasteiger partial charge in [-0.2, -0.15) is 5.10 Å². The zero-order valence-corrected chi connectivity index (χ0v) is 14.1. The zero-order valence-electron chi connectivity index (χ0n) is 13.3. The third-order valence-electron chi connectivity index (χ3n) is 4.09. The highest BCUT2D eigenvalue weighted by atomic mass is 35.5. The molecule has 1 fully saturated rings. The number of nitrogens with one attached hydrogen (secondary N) is 2. The Hall–Kier alpha value is -1.85. The smallest absolute Gasteiger partial charge is 0.254 e. The molecule has 0 radical (unpaired) electrons. The number of aromatic nitrogens is 2. The summed E-state index contributed by atoms with van der Waals surface area (Å²) in [5.74, 6) is 0.660. The van der Waals surface area contributed by atoms with Crippen LogP contribution in [-0.4, -0.2) is 35.3 Å². The molecular formula is C17H21ClN4O. The van der Waals surface area contributed by atoms with Gasteiger partial charge >= 0.3 is 0 Å². The molecule has 0 bridgehead atoms. The lowest BCUT2D eigenvalue weighted by atomic mass is 10.0. The first kappa shape index (κ1) is 16.0. The van der Waals surface area contributed by atoms with E-state index < -0.39 is 0 Å². The summed E-state index contributed by atoms with van der Waals surface area (Å²) in [6.45, 7) is 6.78. The van der Waals surface area contributed by atoms with Gasteiger partial charge in [0.2, 0.25) is 0 Å². The Bertz CT molecular complexity index is 689. The lowest BCUT2D eigenvalue weighted by Gasteiger charge is -2.27. The van der Waals surface area contributed by atoms with Gasteiger partial charge in [0.25, 0.3) is 5.91 Å². The van der Waals surface area contributed by atoms with Crippen LogP contribution in [0.3, 0.4) is 0 Å². The average Bonchev–Trinajstić information content (AvgIpc) is 2.91.